The largest absolute Gasteiger partial charge is 0.322 e. The summed E-state index contributed by atoms with van der Waals surface area (Å²) in [7, 11) is 0. The molecule has 0 atom stereocenters. The predicted octanol–water partition coefficient (Wildman–Crippen LogP) is 4.40. The predicted molar refractivity (Wildman–Crippen MR) is 101 cm³/mol. The van der Waals surface area contributed by atoms with Gasteiger partial charge in [0, 0.05) is 23.1 Å². The van der Waals surface area contributed by atoms with E-state index in [2.05, 4.69) is 11.9 Å². The summed E-state index contributed by atoms with van der Waals surface area (Å²) in [5, 5.41) is 2.51. The van der Waals surface area contributed by atoms with Crippen molar-refractivity contribution >= 4 is 17.2 Å². The highest BCUT2D eigenvalue weighted by molar-refractivity contribution is 6.04. The first-order valence-corrected chi connectivity index (χ1v) is 8.11. The highest BCUT2D eigenvalue weighted by Crippen LogP contribution is 2.20. The zero-order valence-corrected chi connectivity index (χ0v) is 14.5. The number of carbonyl (C=O) groups excluding carboxylic acids is 1. The maximum atomic E-state index is 14.0. The fraction of sp³-hybridized carbons (Fsp3) is 0.0476. The molecule has 0 saturated heterocycles. The quantitative estimate of drug-likeness (QED) is 0.744. The van der Waals surface area contributed by atoms with Gasteiger partial charge in [-0.15, -0.1) is 0 Å². The number of rotatable bonds is 4. The molecule has 0 aliphatic carbocycles. The number of nitrogens with one attached hydrogen (secondary N) is 1. The van der Waals surface area contributed by atoms with Crippen molar-refractivity contribution in [3.05, 3.63) is 100 Å². The summed E-state index contributed by atoms with van der Waals surface area (Å²) in [4.78, 5) is 25.1. The first-order chi connectivity index (χ1) is 12.9. The average Bonchev–Trinajstić information content (AvgIpc) is 2.62. The molecule has 0 fully saturated rings. The van der Waals surface area contributed by atoms with E-state index in [9.17, 15) is 18.4 Å². The van der Waals surface area contributed by atoms with Crippen LogP contribution in [-0.2, 0) is 0 Å². The Morgan fingerprint density at radius 2 is 1.74 bits per heavy atom. The van der Waals surface area contributed by atoms with Crippen LogP contribution in [0.5, 0.6) is 0 Å². The Morgan fingerprint density at radius 3 is 2.37 bits per heavy atom. The van der Waals surface area contributed by atoms with Crippen molar-refractivity contribution < 1.29 is 13.6 Å². The topological polar surface area (TPSA) is 51.1 Å². The molecular weight excluding hydrogens is 350 g/mol. The van der Waals surface area contributed by atoms with E-state index in [0.29, 0.717) is 16.8 Å². The zero-order chi connectivity index (χ0) is 19.6. The molecule has 1 heterocycles. The summed E-state index contributed by atoms with van der Waals surface area (Å²) in [5.74, 6) is -1.61. The lowest BCUT2D eigenvalue weighted by Crippen LogP contribution is -2.27. The fourth-order valence-electron chi connectivity index (χ4n) is 2.61. The van der Waals surface area contributed by atoms with E-state index in [1.54, 1.807) is 6.92 Å². The van der Waals surface area contributed by atoms with Crippen LogP contribution in [0.25, 0.3) is 11.3 Å². The van der Waals surface area contributed by atoms with E-state index in [-0.39, 0.29) is 11.3 Å². The first kappa shape index (κ1) is 18.3. The Kier molecular flexibility index (Phi) is 4.98. The third-order valence-corrected chi connectivity index (χ3v) is 3.98. The lowest BCUT2D eigenvalue weighted by molar-refractivity contribution is 0.102. The van der Waals surface area contributed by atoms with E-state index < -0.39 is 23.1 Å². The van der Waals surface area contributed by atoms with Crippen LogP contribution in [0.15, 0.2) is 72.2 Å². The van der Waals surface area contributed by atoms with Crippen LogP contribution in [0.1, 0.15) is 22.8 Å². The number of carbonyl (C=O) groups is 1. The van der Waals surface area contributed by atoms with Crippen LogP contribution >= 0.6 is 0 Å². The third-order valence-electron chi connectivity index (χ3n) is 3.98. The van der Waals surface area contributed by atoms with Crippen LogP contribution in [0.4, 0.5) is 14.5 Å². The molecule has 2 aromatic carbocycles. The number of halogens is 2. The minimum Gasteiger partial charge on any atom is -0.322 e. The molecule has 1 aromatic heterocycles. The van der Waals surface area contributed by atoms with Crippen molar-refractivity contribution in [2.45, 2.75) is 6.92 Å². The molecule has 6 heteroatoms. The summed E-state index contributed by atoms with van der Waals surface area (Å²) < 4.78 is 28.4. The number of anilines is 1. The van der Waals surface area contributed by atoms with Gasteiger partial charge in [0.05, 0.1) is 0 Å². The second-order valence-electron chi connectivity index (χ2n) is 6.00. The molecular formula is C21H16F2N2O2. The monoisotopic (exact) mass is 366 g/mol. The summed E-state index contributed by atoms with van der Waals surface area (Å²) >= 11 is 0. The molecule has 4 nitrogen and oxygen atoms in total. The Labute approximate surface area is 154 Å². The van der Waals surface area contributed by atoms with Crippen LogP contribution in [0.2, 0.25) is 0 Å². The Balaban J connectivity index is 1.91. The van der Waals surface area contributed by atoms with Crippen LogP contribution in [-0.4, -0.2) is 10.5 Å². The maximum absolute atomic E-state index is 14.0. The second kappa shape index (κ2) is 7.37. The van der Waals surface area contributed by atoms with Crippen molar-refractivity contribution in [1.29, 1.82) is 0 Å². The summed E-state index contributed by atoms with van der Waals surface area (Å²) in [6.45, 7) is 5.36. The highest BCUT2D eigenvalue weighted by atomic mass is 19.1. The molecule has 136 valence electrons. The molecule has 0 radical (unpaired) electrons. The van der Waals surface area contributed by atoms with Crippen molar-refractivity contribution in [2.75, 3.05) is 5.32 Å². The normalized spacial score (nSPS) is 10.5. The van der Waals surface area contributed by atoms with Gasteiger partial charge in [-0.2, -0.15) is 0 Å². The zero-order valence-electron chi connectivity index (χ0n) is 14.5. The molecule has 3 aromatic rings. The Hall–Kier alpha value is -3.54. The molecule has 0 saturated carbocycles. The average molecular weight is 366 g/mol. The number of nitrogens with zero attached hydrogens (tertiary/aromatic N) is 1. The summed E-state index contributed by atoms with van der Waals surface area (Å²) in [6, 6.07) is 12.4. The number of hydrogen-bond donors (Lipinski definition) is 1. The number of benzene rings is 2. The SMILES string of the molecule is C=C(C)c1ccc(NC(=O)c2cccn(-c3ccc(F)cc3)c2=O)cc1F. The standard InChI is InChI=1S/C21H16F2N2O2/c1-13(2)17-10-7-15(12-19(17)23)24-20(26)18-4-3-11-25(21(18)27)16-8-5-14(22)6-9-16/h3-12H,1H2,2H3,(H,24,26). The lowest BCUT2D eigenvalue weighted by atomic mass is 10.1. The van der Waals surface area contributed by atoms with Crippen molar-refractivity contribution in [2.24, 2.45) is 0 Å². The molecule has 0 bridgehead atoms. The maximum Gasteiger partial charge on any atom is 0.267 e. The highest BCUT2D eigenvalue weighted by Gasteiger charge is 2.14. The molecule has 1 amide bonds. The van der Waals surface area contributed by atoms with Crippen LogP contribution in [0, 0.1) is 11.6 Å². The van der Waals surface area contributed by atoms with Gasteiger partial charge in [-0.1, -0.05) is 6.58 Å². The van der Waals surface area contributed by atoms with Crippen molar-refractivity contribution in [1.82, 2.24) is 4.57 Å². The van der Waals surface area contributed by atoms with Gasteiger partial charge in [0.25, 0.3) is 11.5 Å². The number of pyridine rings is 1. The van der Waals surface area contributed by atoms with Crippen LogP contribution in [0.3, 0.4) is 0 Å². The number of allylic oxidation sites excluding steroid dienone is 1. The van der Waals surface area contributed by atoms with E-state index in [1.165, 1.54) is 65.4 Å². The molecule has 0 spiro atoms. The van der Waals surface area contributed by atoms with Crippen molar-refractivity contribution in [3.63, 3.8) is 0 Å². The Morgan fingerprint density at radius 1 is 1.04 bits per heavy atom. The van der Waals surface area contributed by atoms with E-state index in [1.807, 2.05) is 0 Å². The Bertz CT molecular complexity index is 1090. The summed E-state index contributed by atoms with van der Waals surface area (Å²) in [5.41, 5.74) is 0.876. The van der Waals surface area contributed by atoms with E-state index >= 15 is 0 Å². The number of amides is 1. The number of aromatic nitrogens is 1. The third kappa shape index (κ3) is 3.84. The molecule has 0 aliphatic heterocycles. The van der Waals surface area contributed by atoms with Crippen molar-refractivity contribution in [3.8, 4) is 5.69 Å². The van der Waals surface area contributed by atoms with E-state index in [4.69, 9.17) is 0 Å². The molecule has 0 aliphatic rings. The molecule has 27 heavy (non-hydrogen) atoms. The number of hydrogen-bond acceptors (Lipinski definition) is 2. The van der Waals surface area contributed by atoms with E-state index in [0.717, 1.165) is 0 Å². The molecule has 1 N–H and O–H groups in total. The van der Waals surface area contributed by atoms with Crippen LogP contribution < -0.4 is 10.9 Å². The fourth-order valence-corrected chi connectivity index (χ4v) is 2.61. The van der Waals surface area contributed by atoms with Gasteiger partial charge >= 0.3 is 0 Å². The first-order valence-electron chi connectivity index (χ1n) is 8.11. The van der Waals surface area contributed by atoms with Gasteiger partial charge in [0.1, 0.15) is 17.2 Å². The van der Waals surface area contributed by atoms with Gasteiger partial charge in [-0.25, -0.2) is 8.78 Å². The van der Waals surface area contributed by atoms with Gasteiger partial charge in [-0.3, -0.25) is 14.2 Å². The molecule has 3 rings (SSSR count). The minimum absolute atomic E-state index is 0.119. The van der Waals surface area contributed by atoms with Gasteiger partial charge in [0.2, 0.25) is 0 Å². The molecule has 0 unspecified atom stereocenters. The lowest BCUT2D eigenvalue weighted by Gasteiger charge is -2.10. The summed E-state index contributed by atoms with van der Waals surface area (Å²) in [6.07, 6.45) is 1.48. The smallest absolute Gasteiger partial charge is 0.267 e. The van der Waals surface area contributed by atoms with Gasteiger partial charge in [-0.05, 0) is 67.1 Å². The second-order valence-corrected chi connectivity index (χ2v) is 6.00. The minimum atomic E-state index is -0.668. The van der Waals surface area contributed by atoms with Gasteiger partial charge < -0.3 is 5.32 Å². The van der Waals surface area contributed by atoms with Gasteiger partial charge in [0.15, 0.2) is 0 Å².